The molecule has 2 aromatic carbocycles. The molecule has 1 amide bonds. The highest BCUT2D eigenvalue weighted by Crippen LogP contribution is 2.32. The number of phenolic OH excluding ortho intramolecular Hbond substituents is 1. The van der Waals surface area contributed by atoms with Gasteiger partial charge in [-0.3, -0.25) is 4.79 Å². The van der Waals surface area contributed by atoms with Crippen molar-refractivity contribution in [3.63, 3.8) is 0 Å². The fourth-order valence-corrected chi connectivity index (χ4v) is 3.25. The average molecular weight is 375 g/mol. The molecule has 0 aromatic heterocycles. The zero-order valence-electron chi connectivity index (χ0n) is 13.5. The van der Waals surface area contributed by atoms with Gasteiger partial charge in [-0.05, 0) is 60.2 Å². The van der Waals surface area contributed by atoms with Crippen LogP contribution in [-0.2, 0) is 4.79 Å². The zero-order valence-corrected chi connectivity index (χ0v) is 15.1. The van der Waals surface area contributed by atoms with Gasteiger partial charge in [-0.15, -0.1) is 0 Å². The second-order valence-electron chi connectivity index (χ2n) is 5.30. The minimum atomic E-state index is -0.226. The maximum atomic E-state index is 12.2. The number of halogens is 1. The van der Waals surface area contributed by atoms with Gasteiger partial charge in [0.1, 0.15) is 0 Å². The van der Waals surface area contributed by atoms with E-state index in [1.54, 1.807) is 24.3 Å². The third kappa shape index (κ3) is 3.81. The number of carbonyl (C=O) groups excluding carboxylic acids is 1. The number of nitrogens with one attached hydrogen (secondary N) is 1. The van der Waals surface area contributed by atoms with Crippen LogP contribution in [0.1, 0.15) is 11.1 Å². The van der Waals surface area contributed by atoms with Crippen LogP contribution in [-0.4, -0.2) is 23.3 Å². The molecule has 3 rings (SSSR count). The molecule has 0 aliphatic carbocycles. The average Bonchev–Trinajstić information content (AvgIpc) is 2.93. The first-order chi connectivity index (χ1) is 12.0. The number of carbonyl (C=O) groups is 1. The maximum Gasteiger partial charge on any atom is 0.264 e. The first kappa shape index (κ1) is 17.4. The number of phenols is 1. The van der Waals surface area contributed by atoms with Crippen LogP contribution < -0.4 is 10.1 Å². The number of hydrogen-bond acceptors (Lipinski definition) is 5. The fourth-order valence-electron chi connectivity index (χ4n) is 2.24. The predicted octanol–water partition coefficient (Wildman–Crippen LogP) is 4.25. The first-order valence-electron chi connectivity index (χ1n) is 7.39. The molecule has 0 bridgehead atoms. The monoisotopic (exact) mass is 374 g/mol. The van der Waals surface area contributed by atoms with Crippen LogP contribution in [0.4, 0.5) is 5.69 Å². The number of benzene rings is 2. The summed E-state index contributed by atoms with van der Waals surface area (Å²) in [6.07, 6.45) is 1.72. The Morgan fingerprint density at radius 1 is 1.32 bits per heavy atom. The predicted molar refractivity (Wildman–Crippen MR) is 102 cm³/mol. The summed E-state index contributed by atoms with van der Waals surface area (Å²) in [4.78, 5) is 17.1. The molecule has 0 unspecified atom stereocenters. The van der Waals surface area contributed by atoms with Crippen molar-refractivity contribution >= 4 is 46.2 Å². The van der Waals surface area contributed by atoms with Crippen LogP contribution in [0.3, 0.4) is 0 Å². The second kappa shape index (κ2) is 7.21. The topological polar surface area (TPSA) is 70.9 Å². The number of hydrogen-bond donors (Lipinski definition) is 2. The minimum absolute atomic E-state index is 0.0480. The summed E-state index contributed by atoms with van der Waals surface area (Å²) in [6, 6.07) is 10.3. The number of amidine groups is 1. The third-order valence-electron chi connectivity index (χ3n) is 3.61. The number of ether oxygens (including phenoxy) is 1. The molecule has 2 aromatic rings. The van der Waals surface area contributed by atoms with Crippen LogP contribution in [0, 0.1) is 6.92 Å². The van der Waals surface area contributed by atoms with E-state index in [2.05, 4.69) is 10.3 Å². The Morgan fingerprint density at radius 2 is 2.12 bits per heavy atom. The van der Waals surface area contributed by atoms with Crippen LogP contribution in [0.5, 0.6) is 11.5 Å². The van der Waals surface area contributed by atoms with Gasteiger partial charge in [-0.25, -0.2) is 4.99 Å². The molecule has 5 nitrogen and oxygen atoms in total. The highest BCUT2D eigenvalue weighted by molar-refractivity contribution is 8.18. The lowest BCUT2D eigenvalue weighted by molar-refractivity contribution is -0.115. The Balaban J connectivity index is 1.87. The number of nitrogens with zero attached hydrogens (tertiary/aromatic N) is 1. The summed E-state index contributed by atoms with van der Waals surface area (Å²) in [5.41, 5.74) is 2.31. The van der Waals surface area contributed by atoms with Gasteiger partial charge in [-0.2, -0.15) is 0 Å². The Morgan fingerprint density at radius 3 is 2.88 bits per heavy atom. The van der Waals surface area contributed by atoms with Crippen molar-refractivity contribution in [2.24, 2.45) is 4.99 Å². The molecular formula is C18H15ClN2O3S. The summed E-state index contributed by atoms with van der Waals surface area (Å²) in [7, 11) is 1.47. The van der Waals surface area contributed by atoms with Gasteiger partial charge < -0.3 is 15.2 Å². The van der Waals surface area contributed by atoms with Gasteiger partial charge >= 0.3 is 0 Å². The van der Waals surface area contributed by atoms with E-state index in [1.807, 2.05) is 19.1 Å². The van der Waals surface area contributed by atoms with Gasteiger partial charge in [0.05, 0.1) is 17.7 Å². The molecule has 1 saturated heterocycles. The lowest BCUT2D eigenvalue weighted by Gasteiger charge is -2.04. The SMILES string of the molecule is COc1cc(/C=C2/SC(=Nc3cccc(Cl)c3C)NC2=O)ccc1O. The number of amides is 1. The first-order valence-corrected chi connectivity index (χ1v) is 8.59. The Bertz CT molecular complexity index is 909. The summed E-state index contributed by atoms with van der Waals surface area (Å²) >= 11 is 7.34. The zero-order chi connectivity index (χ0) is 18.0. The molecule has 1 aliphatic rings. The normalized spacial score (nSPS) is 17.2. The standard InChI is InChI=1S/C18H15ClN2O3S/c1-10-12(19)4-3-5-13(10)20-18-21-17(23)16(25-18)9-11-6-7-14(22)15(8-11)24-2/h3-9,22H,1-2H3,(H,20,21,23)/b16-9+. The highest BCUT2D eigenvalue weighted by atomic mass is 35.5. The molecule has 0 atom stereocenters. The fraction of sp³-hybridized carbons (Fsp3) is 0.111. The quantitative estimate of drug-likeness (QED) is 0.788. The smallest absolute Gasteiger partial charge is 0.264 e. The summed E-state index contributed by atoms with van der Waals surface area (Å²) in [5, 5.41) is 13.5. The Labute approximate surface area is 154 Å². The molecule has 1 aliphatic heterocycles. The largest absolute Gasteiger partial charge is 0.504 e. The van der Waals surface area contributed by atoms with Crippen LogP contribution in [0.2, 0.25) is 5.02 Å². The van der Waals surface area contributed by atoms with Gasteiger partial charge in [-0.1, -0.05) is 23.7 Å². The number of rotatable bonds is 3. The number of thioether (sulfide) groups is 1. The Hall–Kier alpha value is -2.44. The molecule has 0 saturated carbocycles. The number of aromatic hydroxyl groups is 1. The summed E-state index contributed by atoms with van der Waals surface area (Å²) in [6.45, 7) is 1.88. The van der Waals surface area contributed by atoms with Gasteiger partial charge in [0.2, 0.25) is 0 Å². The van der Waals surface area contributed by atoms with Crippen molar-refractivity contribution in [1.82, 2.24) is 5.32 Å². The molecular weight excluding hydrogens is 360 g/mol. The van der Waals surface area contributed by atoms with Crippen LogP contribution in [0.15, 0.2) is 46.3 Å². The number of methoxy groups -OCH3 is 1. The molecule has 1 heterocycles. The molecule has 0 radical (unpaired) electrons. The van der Waals surface area contributed by atoms with E-state index in [9.17, 15) is 9.90 Å². The number of aliphatic imine (C=N–C) groups is 1. The maximum absolute atomic E-state index is 12.2. The lowest BCUT2D eigenvalue weighted by Crippen LogP contribution is -2.19. The van der Waals surface area contributed by atoms with Gasteiger partial charge in [0.15, 0.2) is 16.7 Å². The van der Waals surface area contributed by atoms with Gasteiger partial charge in [0.25, 0.3) is 5.91 Å². The van der Waals surface area contributed by atoms with E-state index in [-0.39, 0.29) is 11.7 Å². The van der Waals surface area contributed by atoms with Crippen molar-refractivity contribution in [3.8, 4) is 11.5 Å². The van der Waals surface area contributed by atoms with E-state index in [1.165, 1.54) is 24.9 Å². The molecule has 25 heavy (non-hydrogen) atoms. The lowest BCUT2D eigenvalue weighted by atomic mass is 10.2. The molecule has 0 spiro atoms. The van der Waals surface area contributed by atoms with Crippen molar-refractivity contribution in [1.29, 1.82) is 0 Å². The van der Waals surface area contributed by atoms with E-state index in [0.29, 0.717) is 26.5 Å². The molecule has 128 valence electrons. The summed E-state index contributed by atoms with van der Waals surface area (Å²) < 4.78 is 5.08. The van der Waals surface area contributed by atoms with Crippen LogP contribution in [0.25, 0.3) is 6.08 Å². The summed E-state index contributed by atoms with van der Waals surface area (Å²) in [5.74, 6) is 0.170. The Kier molecular flexibility index (Phi) is 5.01. The van der Waals surface area contributed by atoms with E-state index >= 15 is 0 Å². The van der Waals surface area contributed by atoms with Crippen molar-refractivity contribution < 1.29 is 14.6 Å². The minimum Gasteiger partial charge on any atom is -0.504 e. The van der Waals surface area contributed by atoms with Crippen molar-refractivity contribution in [3.05, 3.63) is 57.5 Å². The van der Waals surface area contributed by atoms with E-state index in [0.717, 1.165) is 11.1 Å². The van der Waals surface area contributed by atoms with E-state index in [4.69, 9.17) is 16.3 Å². The van der Waals surface area contributed by atoms with Crippen molar-refractivity contribution in [2.45, 2.75) is 6.92 Å². The second-order valence-corrected chi connectivity index (χ2v) is 6.73. The van der Waals surface area contributed by atoms with Crippen molar-refractivity contribution in [2.75, 3.05) is 7.11 Å². The highest BCUT2D eigenvalue weighted by Gasteiger charge is 2.24. The molecule has 7 heteroatoms. The molecule has 1 fully saturated rings. The van der Waals surface area contributed by atoms with Gasteiger partial charge in [0, 0.05) is 5.02 Å². The van der Waals surface area contributed by atoms with E-state index < -0.39 is 0 Å². The third-order valence-corrected chi connectivity index (χ3v) is 4.93. The molecule has 2 N–H and O–H groups in total. The van der Waals surface area contributed by atoms with Crippen LogP contribution >= 0.6 is 23.4 Å².